The second-order valence-corrected chi connectivity index (χ2v) is 6.63. The van der Waals surface area contributed by atoms with Crippen LogP contribution in [0.4, 0.5) is 0 Å². The van der Waals surface area contributed by atoms with Gasteiger partial charge in [-0.15, -0.1) is 0 Å². The standard InChI is InChI=1S/C18H39N3O2/c1-2-3-4-5-6-7-8-9-10-13-16-21-18(20,17(22)23)14-11-12-15-19/h21H,2-16,19-20H2,1H3,(H,22,23)/t18-/m0/s1. The van der Waals surface area contributed by atoms with Gasteiger partial charge in [0.15, 0.2) is 5.66 Å². The van der Waals surface area contributed by atoms with Gasteiger partial charge in [0.25, 0.3) is 0 Å². The van der Waals surface area contributed by atoms with Crippen LogP contribution in [0.3, 0.4) is 0 Å². The molecule has 0 saturated carbocycles. The normalized spacial score (nSPS) is 13.9. The Kier molecular flexibility index (Phi) is 14.5. The monoisotopic (exact) mass is 329 g/mol. The highest BCUT2D eigenvalue weighted by molar-refractivity contribution is 5.77. The van der Waals surface area contributed by atoms with Crippen molar-refractivity contribution in [3.8, 4) is 0 Å². The molecule has 138 valence electrons. The first kappa shape index (κ1) is 22.4. The molecule has 5 heteroatoms. The summed E-state index contributed by atoms with van der Waals surface area (Å²) in [7, 11) is 0. The minimum absolute atomic E-state index is 0.428. The van der Waals surface area contributed by atoms with Crippen LogP contribution in [-0.4, -0.2) is 29.8 Å². The first-order valence-corrected chi connectivity index (χ1v) is 9.54. The van der Waals surface area contributed by atoms with Gasteiger partial charge in [-0.2, -0.15) is 0 Å². The van der Waals surface area contributed by atoms with E-state index in [1.807, 2.05) is 0 Å². The Bertz CT molecular complexity index is 287. The van der Waals surface area contributed by atoms with Crippen molar-refractivity contribution in [3.05, 3.63) is 0 Å². The number of aliphatic carboxylic acids is 1. The van der Waals surface area contributed by atoms with Crippen molar-refractivity contribution >= 4 is 5.97 Å². The molecule has 1 atom stereocenters. The number of rotatable bonds is 17. The highest BCUT2D eigenvalue weighted by Crippen LogP contribution is 2.12. The summed E-state index contributed by atoms with van der Waals surface area (Å²) in [6.45, 7) is 3.49. The minimum Gasteiger partial charge on any atom is -0.479 e. The van der Waals surface area contributed by atoms with E-state index in [-0.39, 0.29) is 0 Å². The van der Waals surface area contributed by atoms with Gasteiger partial charge in [-0.3, -0.25) is 5.32 Å². The van der Waals surface area contributed by atoms with Crippen molar-refractivity contribution in [1.29, 1.82) is 0 Å². The summed E-state index contributed by atoms with van der Waals surface area (Å²) < 4.78 is 0. The number of carboxylic acids is 1. The molecule has 0 aliphatic rings. The lowest BCUT2D eigenvalue weighted by Gasteiger charge is -2.26. The summed E-state index contributed by atoms with van der Waals surface area (Å²) in [6.07, 6.45) is 14.7. The Balaban J connectivity index is 3.57. The van der Waals surface area contributed by atoms with Gasteiger partial charge in [-0.05, 0) is 38.8 Å². The van der Waals surface area contributed by atoms with Crippen LogP contribution in [0.15, 0.2) is 0 Å². The van der Waals surface area contributed by atoms with Crippen molar-refractivity contribution in [1.82, 2.24) is 5.32 Å². The molecule has 5 nitrogen and oxygen atoms in total. The smallest absolute Gasteiger partial charge is 0.338 e. The Labute approximate surface area is 142 Å². The number of unbranched alkanes of at least 4 members (excludes halogenated alkanes) is 10. The number of carbonyl (C=O) groups is 1. The maximum Gasteiger partial charge on any atom is 0.338 e. The van der Waals surface area contributed by atoms with E-state index in [1.165, 1.54) is 51.4 Å². The molecule has 0 unspecified atom stereocenters. The van der Waals surface area contributed by atoms with Crippen molar-refractivity contribution in [2.75, 3.05) is 13.1 Å². The number of hydrogen-bond acceptors (Lipinski definition) is 4. The highest BCUT2D eigenvalue weighted by atomic mass is 16.4. The quantitative estimate of drug-likeness (QED) is 0.242. The third-order valence-corrected chi connectivity index (χ3v) is 4.38. The average Bonchev–Trinajstić information content (AvgIpc) is 2.52. The lowest BCUT2D eigenvalue weighted by molar-refractivity contribution is -0.145. The third kappa shape index (κ3) is 12.4. The van der Waals surface area contributed by atoms with Crippen LogP contribution < -0.4 is 16.8 Å². The molecular formula is C18H39N3O2. The molecule has 0 radical (unpaired) electrons. The van der Waals surface area contributed by atoms with Crippen LogP contribution in [0.2, 0.25) is 0 Å². The second kappa shape index (κ2) is 14.9. The zero-order valence-corrected chi connectivity index (χ0v) is 15.1. The number of carboxylic acid groups (broad SMARTS) is 1. The number of nitrogens with two attached hydrogens (primary N) is 2. The molecule has 0 heterocycles. The van der Waals surface area contributed by atoms with E-state index in [0.717, 1.165) is 25.7 Å². The maximum atomic E-state index is 11.3. The summed E-state index contributed by atoms with van der Waals surface area (Å²) >= 11 is 0. The fraction of sp³-hybridized carbons (Fsp3) is 0.944. The zero-order chi connectivity index (χ0) is 17.4. The first-order valence-electron chi connectivity index (χ1n) is 9.54. The van der Waals surface area contributed by atoms with Gasteiger partial charge >= 0.3 is 5.97 Å². The van der Waals surface area contributed by atoms with E-state index in [9.17, 15) is 9.90 Å². The summed E-state index contributed by atoms with van der Waals surface area (Å²) in [6, 6.07) is 0. The summed E-state index contributed by atoms with van der Waals surface area (Å²) in [5.74, 6) is -0.971. The van der Waals surface area contributed by atoms with E-state index in [4.69, 9.17) is 11.5 Å². The van der Waals surface area contributed by atoms with E-state index in [0.29, 0.717) is 19.5 Å². The molecule has 0 fully saturated rings. The zero-order valence-electron chi connectivity index (χ0n) is 15.1. The van der Waals surface area contributed by atoms with Crippen LogP contribution in [0.5, 0.6) is 0 Å². The summed E-state index contributed by atoms with van der Waals surface area (Å²) in [5, 5.41) is 12.3. The van der Waals surface area contributed by atoms with Gasteiger partial charge in [0.2, 0.25) is 0 Å². The van der Waals surface area contributed by atoms with Crippen LogP contribution in [-0.2, 0) is 4.79 Å². The Morgan fingerprint density at radius 3 is 1.91 bits per heavy atom. The van der Waals surface area contributed by atoms with Gasteiger partial charge in [-0.1, -0.05) is 64.7 Å². The SMILES string of the molecule is CCCCCCCCCCCCN[C@@](N)(CCCCN)C(=O)O. The molecule has 0 bridgehead atoms. The van der Waals surface area contributed by atoms with Crippen LogP contribution in [0.25, 0.3) is 0 Å². The fourth-order valence-corrected chi connectivity index (χ4v) is 2.74. The van der Waals surface area contributed by atoms with Gasteiger partial charge < -0.3 is 16.6 Å². The lowest BCUT2D eigenvalue weighted by atomic mass is 10.0. The van der Waals surface area contributed by atoms with Crippen LogP contribution >= 0.6 is 0 Å². The Morgan fingerprint density at radius 2 is 1.43 bits per heavy atom. The van der Waals surface area contributed by atoms with Crippen molar-refractivity contribution in [3.63, 3.8) is 0 Å². The fourth-order valence-electron chi connectivity index (χ4n) is 2.74. The van der Waals surface area contributed by atoms with Crippen LogP contribution in [0, 0.1) is 0 Å². The number of nitrogens with one attached hydrogen (secondary N) is 1. The van der Waals surface area contributed by atoms with Gasteiger partial charge in [0.05, 0.1) is 0 Å². The van der Waals surface area contributed by atoms with Gasteiger partial charge in [-0.25, -0.2) is 4.79 Å². The average molecular weight is 330 g/mol. The molecular weight excluding hydrogens is 290 g/mol. The molecule has 6 N–H and O–H groups in total. The molecule has 0 saturated heterocycles. The predicted molar refractivity (Wildman–Crippen MR) is 97.3 cm³/mol. The Hall–Kier alpha value is -0.650. The minimum atomic E-state index is -1.30. The molecule has 0 aliphatic heterocycles. The van der Waals surface area contributed by atoms with Crippen molar-refractivity contribution in [2.24, 2.45) is 11.5 Å². The topological polar surface area (TPSA) is 101 Å². The Morgan fingerprint density at radius 1 is 0.913 bits per heavy atom. The van der Waals surface area contributed by atoms with Crippen LogP contribution in [0.1, 0.15) is 90.4 Å². The molecule has 0 rings (SSSR count). The van der Waals surface area contributed by atoms with Gasteiger partial charge in [0, 0.05) is 0 Å². The van der Waals surface area contributed by atoms with Gasteiger partial charge in [0.1, 0.15) is 0 Å². The van der Waals surface area contributed by atoms with Crippen molar-refractivity contribution < 1.29 is 9.90 Å². The highest BCUT2D eigenvalue weighted by Gasteiger charge is 2.32. The first-order chi connectivity index (χ1) is 11.1. The number of hydrogen-bond donors (Lipinski definition) is 4. The van der Waals surface area contributed by atoms with Crippen molar-refractivity contribution in [2.45, 2.75) is 96.1 Å². The maximum absolute atomic E-state index is 11.3. The molecule has 0 aromatic carbocycles. The van der Waals surface area contributed by atoms with E-state index >= 15 is 0 Å². The molecule has 0 aromatic heterocycles. The molecule has 23 heavy (non-hydrogen) atoms. The third-order valence-electron chi connectivity index (χ3n) is 4.38. The second-order valence-electron chi connectivity index (χ2n) is 6.63. The predicted octanol–water partition coefficient (Wildman–Crippen LogP) is 3.37. The molecule has 0 spiro atoms. The largest absolute Gasteiger partial charge is 0.479 e. The molecule has 0 aromatic rings. The molecule has 0 aliphatic carbocycles. The summed E-state index contributed by atoms with van der Waals surface area (Å²) in [5.41, 5.74) is 10.1. The summed E-state index contributed by atoms with van der Waals surface area (Å²) in [4.78, 5) is 11.3. The molecule has 0 amide bonds. The van der Waals surface area contributed by atoms with E-state index in [2.05, 4.69) is 12.2 Å². The lowest BCUT2D eigenvalue weighted by Crippen LogP contribution is -2.59. The van der Waals surface area contributed by atoms with E-state index < -0.39 is 11.6 Å². The van der Waals surface area contributed by atoms with E-state index in [1.54, 1.807) is 0 Å².